The second-order valence-corrected chi connectivity index (χ2v) is 6.83. The molecule has 120 valence electrons. The second-order valence-electron chi connectivity index (χ2n) is 5.06. The van der Waals surface area contributed by atoms with Gasteiger partial charge in [0, 0.05) is 6.54 Å². The Kier molecular flexibility index (Phi) is 7.11. The molecule has 21 heavy (non-hydrogen) atoms. The van der Waals surface area contributed by atoms with Crippen LogP contribution in [0.3, 0.4) is 0 Å². The third kappa shape index (κ3) is 5.28. The fraction of sp³-hybridized carbons (Fsp3) is 0.600. The van der Waals surface area contributed by atoms with E-state index in [1.807, 2.05) is 6.92 Å². The molecule has 0 aromatic heterocycles. The summed E-state index contributed by atoms with van der Waals surface area (Å²) >= 11 is 0. The van der Waals surface area contributed by atoms with Crippen molar-refractivity contribution in [1.82, 2.24) is 4.72 Å². The van der Waals surface area contributed by atoms with E-state index in [1.54, 1.807) is 0 Å². The van der Waals surface area contributed by atoms with Gasteiger partial charge in [-0.2, -0.15) is 0 Å². The zero-order valence-electron chi connectivity index (χ0n) is 12.9. The molecule has 1 unspecified atom stereocenters. The van der Waals surface area contributed by atoms with Gasteiger partial charge in [-0.15, -0.1) is 0 Å². The van der Waals surface area contributed by atoms with Crippen LogP contribution < -0.4 is 9.46 Å². The number of rotatable bonds is 9. The van der Waals surface area contributed by atoms with Crippen LogP contribution in [-0.2, 0) is 10.0 Å². The summed E-state index contributed by atoms with van der Waals surface area (Å²) in [5, 5.41) is 0. The van der Waals surface area contributed by atoms with Crippen molar-refractivity contribution in [2.45, 2.75) is 44.4 Å². The molecule has 0 heterocycles. The minimum atomic E-state index is -3.68. The highest BCUT2D eigenvalue weighted by atomic mass is 32.2. The number of benzene rings is 1. The third-order valence-electron chi connectivity index (χ3n) is 3.54. The van der Waals surface area contributed by atoms with Gasteiger partial charge in [-0.1, -0.05) is 33.1 Å². The SMILES string of the molecule is CCCCC(CC)CNS(=O)(=O)c1ccc(OC)c(F)c1. The van der Waals surface area contributed by atoms with E-state index in [4.69, 9.17) is 4.74 Å². The summed E-state index contributed by atoms with van der Waals surface area (Å²) in [6, 6.07) is 3.64. The summed E-state index contributed by atoms with van der Waals surface area (Å²) < 4.78 is 45.3. The van der Waals surface area contributed by atoms with Gasteiger partial charge >= 0.3 is 0 Å². The molecule has 0 saturated heterocycles. The summed E-state index contributed by atoms with van der Waals surface area (Å²) in [6.07, 6.45) is 4.08. The maximum absolute atomic E-state index is 13.6. The van der Waals surface area contributed by atoms with Gasteiger partial charge < -0.3 is 4.74 Å². The lowest BCUT2D eigenvalue weighted by Crippen LogP contribution is -2.29. The first kappa shape index (κ1) is 17.9. The first-order valence-electron chi connectivity index (χ1n) is 7.27. The molecule has 0 saturated carbocycles. The maximum Gasteiger partial charge on any atom is 0.240 e. The minimum Gasteiger partial charge on any atom is -0.494 e. The Morgan fingerprint density at radius 3 is 2.57 bits per heavy atom. The van der Waals surface area contributed by atoms with Crippen LogP contribution in [0.2, 0.25) is 0 Å². The molecule has 0 fully saturated rings. The molecule has 1 aromatic rings. The van der Waals surface area contributed by atoms with Crippen molar-refractivity contribution in [2.24, 2.45) is 5.92 Å². The molecule has 1 atom stereocenters. The molecule has 0 bridgehead atoms. The Morgan fingerprint density at radius 2 is 2.05 bits per heavy atom. The van der Waals surface area contributed by atoms with Crippen LogP contribution in [0.25, 0.3) is 0 Å². The van der Waals surface area contributed by atoms with Gasteiger partial charge in [0.2, 0.25) is 10.0 Å². The lowest BCUT2D eigenvalue weighted by atomic mass is 10.00. The Labute approximate surface area is 126 Å². The van der Waals surface area contributed by atoms with Gasteiger partial charge in [-0.05, 0) is 30.5 Å². The van der Waals surface area contributed by atoms with Crippen molar-refractivity contribution in [1.29, 1.82) is 0 Å². The number of ether oxygens (including phenoxy) is 1. The van der Waals surface area contributed by atoms with Crippen molar-refractivity contribution in [3.05, 3.63) is 24.0 Å². The molecule has 0 spiro atoms. The van der Waals surface area contributed by atoms with Gasteiger partial charge in [0.05, 0.1) is 12.0 Å². The highest BCUT2D eigenvalue weighted by Gasteiger charge is 2.18. The highest BCUT2D eigenvalue weighted by molar-refractivity contribution is 7.89. The van der Waals surface area contributed by atoms with Gasteiger partial charge in [-0.3, -0.25) is 0 Å². The van der Waals surface area contributed by atoms with Gasteiger partial charge in [-0.25, -0.2) is 17.5 Å². The van der Waals surface area contributed by atoms with Crippen LogP contribution in [0.15, 0.2) is 23.1 Å². The van der Waals surface area contributed by atoms with Gasteiger partial charge in [0.15, 0.2) is 11.6 Å². The number of hydrogen-bond acceptors (Lipinski definition) is 3. The number of hydrogen-bond donors (Lipinski definition) is 1. The van der Waals surface area contributed by atoms with E-state index >= 15 is 0 Å². The monoisotopic (exact) mass is 317 g/mol. The molecule has 0 aliphatic rings. The fourth-order valence-electron chi connectivity index (χ4n) is 2.07. The van der Waals surface area contributed by atoms with E-state index in [-0.39, 0.29) is 10.6 Å². The number of sulfonamides is 1. The molecule has 0 amide bonds. The molecule has 1 N–H and O–H groups in total. The fourth-order valence-corrected chi connectivity index (χ4v) is 3.20. The average molecular weight is 317 g/mol. The Hall–Kier alpha value is -1.14. The number of halogens is 1. The van der Waals surface area contributed by atoms with E-state index in [0.29, 0.717) is 12.5 Å². The van der Waals surface area contributed by atoms with Crippen molar-refractivity contribution < 1.29 is 17.5 Å². The number of nitrogens with one attached hydrogen (secondary N) is 1. The summed E-state index contributed by atoms with van der Waals surface area (Å²) in [5.74, 6) is -0.343. The quantitative estimate of drug-likeness (QED) is 0.760. The van der Waals surface area contributed by atoms with Crippen LogP contribution in [0, 0.1) is 11.7 Å². The minimum absolute atomic E-state index is 0.0309. The van der Waals surface area contributed by atoms with Crippen LogP contribution in [0.4, 0.5) is 4.39 Å². The van der Waals surface area contributed by atoms with E-state index in [9.17, 15) is 12.8 Å². The third-order valence-corrected chi connectivity index (χ3v) is 4.96. The largest absolute Gasteiger partial charge is 0.494 e. The molecular formula is C15H24FNO3S. The Morgan fingerprint density at radius 1 is 1.33 bits per heavy atom. The predicted molar refractivity (Wildman–Crippen MR) is 81.4 cm³/mol. The van der Waals surface area contributed by atoms with Crippen LogP contribution in [0.1, 0.15) is 39.5 Å². The Bertz CT molecular complexity index is 546. The molecule has 1 aromatic carbocycles. The molecule has 1 rings (SSSR count). The van der Waals surface area contributed by atoms with Crippen molar-refractivity contribution in [3.8, 4) is 5.75 Å². The van der Waals surface area contributed by atoms with Gasteiger partial charge in [0.1, 0.15) is 0 Å². The number of unbranched alkanes of at least 4 members (excludes halogenated alkanes) is 1. The Balaban J connectivity index is 2.74. The summed E-state index contributed by atoms with van der Waals surface area (Å²) in [4.78, 5) is -0.0776. The van der Waals surface area contributed by atoms with E-state index in [0.717, 1.165) is 31.7 Å². The van der Waals surface area contributed by atoms with Crippen LogP contribution >= 0.6 is 0 Å². The molecule has 0 aliphatic carbocycles. The van der Waals surface area contributed by atoms with E-state index < -0.39 is 15.8 Å². The normalized spacial score (nSPS) is 13.1. The number of methoxy groups -OCH3 is 1. The zero-order valence-corrected chi connectivity index (χ0v) is 13.7. The molecular weight excluding hydrogens is 293 g/mol. The summed E-state index contributed by atoms with van der Waals surface area (Å²) in [5.41, 5.74) is 0. The zero-order chi connectivity index (χ0) is 15.9. The van der Waals surface area contributed by atoms with E-state index in [1.165, 1.54) is 19.2 Å². The predicted octanol–water partition coefficient (Wildman–Crippen LogP) is 3.33. The molecule has 4 nitrogen and oxygen atoms in total. The first-order valence-corrected chi connectivity index (χ1v) is 8.76. The molecule has 6 heteroatoms. The van der Waals surface area contributed by atoms with Crippen molar-refractivity contribution in [3.63, 3.8) is 0 Å². The second kappa shape index (κ2) is 8.34. The lowest BCUT2D eigenvalue weighted by molar-refractivity contribution is 0.385. The standard InChI is InChI=1S/C15H24FNO3S/c1-4-6-7-12(5-2)11-17-21(18,19)13-8-9-15(20-3)14(16)10-13/h8-10,12,17H,4-7,11H2,1-3H3. The van der Waals surface area contributed by atoms with Crippen LogP contribution in [0.5, 0.6) is 5.75 Å². The first-order chi connectivity index (χ1) is 9.94. The van der Waals surface area contributed by atoms with Gasteiger partial charge in [0.25, 0.3) is 0 Å². The summed E-state index contributed by atoms with van der Waals surface area (Å²) in [7, 11) is -2.35. The maximum atomic E-state index is 13.6. The van der Waals surface area contributed by atoms with E-state index in [2.05, 4.69) is 11.6 Å². The highest BCUT2D eigenvalue weighted by Crippen LogP contribution is 2.21. The average Bonchev–Trinajstić information content (AvgIpc) is 2.47. The van der Waals surface area contributed by atoms with Crippen LogP contribution in [-0.4, -0.2) is 22.1 Å². The molecule has 0 radical (unpaired) electrons. The molecule has 0 aliphatic heterocycles. The topological polar surface area (TPSA) is 55.4 Å². The smallest absolute Gasteiger partial charge is 0.240 e. The summed E-state index contributed by atoms with van der Waals surface area (Å²) in [6.45, 7) is 4.53. The van der Waals surface area contributed by atoms with Crippen molar-refractivity contribution >= 4 is 10.0 Å². The van der Waals surface area contributed by atoms with Crippen molar-refractivity contribution in [2.75, 3.05) is 13.7 Å². The lowest BCUT2D eigenvalue weighted by Gasteiger charge is -2.15.